The molecule has 6 heteroatoms. The minimum absolute atomic E-state index is 0. The molecule has 4 nitrogen and oxygen atoms in total. The van der Waals surface area contributed by atoms with E-state index >= 15 is 0 Å². The molecule has 0 aliphatic rings. The molecule has 0 N–H and O–H groups in total. The molecule has 0 radical (unpaired) electrons. The molecule has 0 atom stereocenters. The van der Waals surface area contributed by atoms with Gasteiger partial charge in [-0.25, -0.2) is 8.42 Å². The topological polar surface area (TPSA) is 66.4 Å². The van der Waals surface area contributed by atoms with Crippen molar-refractivity contribution in [2.45, 2.75) is 64.7 Å². The zero-order valence-corrected chi connectivity index (χ0v) is 17.9. The monoisotopic (exact) mass is 364 g/mol. The van der Waals surface area contributed by atoms with E-state index in [1.165, 1.54) is 50.5 Å². The molecule has 0 aliphatic carbocycles. The van der Waals surface area contributed by atoms with Crippen LogP contribution in [0.2, 0.25) is 0 Å². The summed E-state index contributed by atoms with van der Waals surface area (Å²) in [5.41, 5.74) is 1.24. The van der Waals surface area contributed by atoms with Gasteiger partial charge in [0.05, 0.1) is 16.7 Å². The Bertz CT molecular complexity index is 532. The maximum Gasteiger partial charge on any atom is 1.00 e. The fourth-order valence-electron chi connectivity index (χ4n) is 2.50. The third-order valence-corrected chi connectivity index (χ3v) is 4.56. The zero-order chi connectivity index (χ0) is 17.0. The van der Waals surface area contributed by atoms with Crippen LogP contribution < -0.4 is 34.3 Å². The smallest absolute Gasteiger partial charge is 0.748 e. The average Bonchev–Trinajstić information content (AvgIpc) is 2.50. The van der Waals surface area contributed by atoms with Crippen LogP contribution in [0, 0.1) is 0 Å². The van der Waals surface area contributed by atoms with E-state index < -0.39 is 10.1 Å². The number of aryl methyl sites for hydroxylation is 1. The van der Waals surface area contributed by atoms with Crippen LogP contribution in [0.1, 0.15) is 63.9 Å². The summed E-state index contributed by atoms with van der Waals surface area (Å²) in [6.45, 7) is 2.48. The molecule has 132 valence electrons. The molecule has 24 heavy (non-hydrogen) atoms. The third kappa shape index (κ3) is 13.2. The summed E-state index contributed by atoms with van der Waals surface area (Å²) in [6, 6.07) is 7.91. The maximum absolute atomic E-state index is 10.5. The van der Waals surface area contributed by atoms with Gasteiger partial charge in [0.1, 0.15) is 5.75 Å². The number of benzene rings is 1. The van der Waals surface area contributed by atoms with Gasteiger partial charge < -0.3 is 9.29 Å². The van der Waals surface area contributed by atoms with Gasteiger partial charge in [0.15, 0.2) is 0 Å². The van der Waals surface area contributed by atoms with Crippen molar-refractivity contribution < 1.29 is 47.3 Å². The Hall–Kier alpha value is -0.0700. The van der Waals surface area contributed by atoms with E-state index in [0.29, 0.717) is 0 Å². The second-order valence-corrected chi connectivity index (χ2v) is 7.51. The summed E-state index contributed by atoms with van der Waals surface area (Å²) >= 11 is 0. The fourth-order valence-corrected chi connectivity index (χ4v) is 2.97. The van der Waals surface area contributed by atoms with Crippen LogP contribution in [0.15, 0.2) is 24.3 Å². The van der Waals surface area contributed by atoms with E-state index in [0.717, 1.165) is 12.2 Å². The van der Waals surface area contributed by atoms with E-state index in [9.17, 15) is 13.0 Å². The van der Waals surface area contributed by atoms with Crippen LogP contribution in [0.4, 0.5) is 0 Å². The molecule has 0 aromatic heterocycles. The number of hydrogen-bond acceptors (Lipinski definition) is 4. The standard InChI is InChI=1S/C18H30O4S.Na/c1-2-3-4-5-6-7-8-11-17-12-9-13-18(16-17)22-14-10-15-23(19,20)21;/h9,12-13,16H,2-8,10-11,14-15H2,1H3,(H,19,20,21);/q;+1/p-1. The molecule has 0 bridgehead atoms. The Morgan fingerprint density at radius 1 is 1.00 bits per heavy atom. The van der Waals surface area contributed by atoms with Crippen molar-refractivity contribution in [2.75, 3.05) is 12.4 Å². The molecule has 0 aliphatic heterocycles. The molecule has 0 saturated heterocycles. The first-order valence-electron chi connectivity index (χ1n) is 8.66. The number of hydrogen-bond donors (Lipinski definition) is 0. The molecule has 1 aromatic rings. The van der Waals surface area contributed by atoms with Gasteiger partial charge in [0, 0.05) is 5.75 Å². The van der Waals surface area contributed by atoms with Crippen molar-refractivity contribution >= 4 is 10.1 Å². The Balaban J connectivity index is 0.00000529. The Kier molecular flexibility index (Phi) is 14.1. The predicted molar refractivity (Wildman–Crippen MR) is 92.8 cm³/mol. The van der Waals surface area contributed by atoms with Gasteiger partial charge in [-0.15, -0.1) is 0 Å². The fraction of sp³-hybridized carbons (Fsp3) is 0.667. The number of unbranched alkanes of at least 4 members (excludes halogenated alkanes) is 6. The van der Waals surface area contributed by atoms with Gasteiger partial charge in [0.25, 0.3) is 0 Å². The Labute approximate surface area is 169 Å². The second-order valence-electron chi connectivity index (χ2n) is 5.98. The molecule has 0 heterocycles. The zero-order valence-electron chi connectivity index (χ0n) is 15.1. The molecule has 1 rings (SSSR count). The van der Waals surface area contributed by atoms with Crippen LogP contribution >= 0.6 is 0 Å². The molecule has 1 aromatic carbocycles. The third-order valence-electron chi connectivity index (χ3n) is 3.77. The predicted octanol–water partition coefficient (Wildman–Crippen LogP) is 1.30. The van der Waals surface area contributed by atoms with E-state index in [2.05, 4.69) is 13.0 Å². The number of ether oxygens (including phenoxy) is 1. The SMILES string of the molecule is CCCCCCCCCc1cccc(OCCCS(=O)(=O)[O-])c1.[Na+]. The van der Waals surface area contributed by atoms with Crippen molar-refractivity contribution in [1.82, 2.24) is 0 Å². The first kappa shape index (κ1) is 23.9. The van der Waals surface area contributed by atoms with Crippen molar-refractivity contribution in [3.05, 3.63) is 29.8 Å². The largest absolute Gasteiger partial charge is 1.00 e. The van der Waals surface area contributed by atoms with Crippen molar-refractivity contribution in [3.8, 4) is 5.75 Å². The van der Waals surface area contributed by atoms with Gasteiger partial charge in [0.2, 0.25) is 0 Å². The molecule has 0 fully saturated rings. The Morgan fingerprint density at radius 3 is 2.33 bits per heavy atom. The first-order chi connectivity index (χ1) is 11.0. The molecular weight excluding hydrogens is 335 g/mol. The van der Waals surface area contributed by atoms with Crippen molar-refractivity contribution in [2.24, 2.45) is 0 Å². The van der Waals surface area contributed by atoms with Crippen LogP contribution in [-0.4, -0.2) is 25.3 Å². The van der Waals surface area contributed by atoms with Crippen LogP contribution in [0.5, 0.6) is 5.75 Å². The van der Waals surface area contributed by atoms with Gasteiger partial charge in [-0.2, -0.15) is 0 Å². The summed E-state index contributed by atoms with van der Waals surface area (Å²) in [6.07, 6.45) is 10.3. The maximum atomic E-state index is 10.5. The summed E-state index contributed by atoms with van der Waals surface area (Å²) in [4.78, 5) is 0. The van der Waals surface area contributed by atoms with Crippen molar-refractivity contribution in [1.29, 1.82) is 0 Å². The van der Waals surface area contributed by atoms with E-state index in [1.54, 1.807) is 0 Å². The van der Waals surface area contributed by atoms with Crippen LogP contribution in [-0.2, 0) is 16.5 Å². The molecule has 0 unspecified atom stereocenters. The summed E-state index contributed by atoms with van der Waals surface area (Å²) < 4.78 is 37.1. The minimum Gasteiger partial charge on any atom is -0.748 e. The van der Waals surface area contributed by atoms with E-state index in [4.69, 9.17) is 4.74 Å². The second kappa shape index (κ2) is 14.1. The number of rotatable bonds is 13. The van der Waals surface area contributed by atoms with Gasteiger partial charge in [-0.1, -0.05) is 57.6 Å². The minimum atomic E-state index is -4.14. The van der Waals surface area contributed by atoms with Gasteiger partial charge in [-0.05, 0) is 37.0 Å². The summed E-state index contributed by atoms with van der Waals surface area (Å²) in [5.74, 6) is 0.374. The molecule has 0 saturated carbocycles. The normalized spacial score (nSPS) is 11.1. The summed E-state index contributed by atoms with van der Waals surface area (Å²) in [7, 11) is -4.14. The van der Waals surface area contributed by atoms with E-state index in [1.807, 2.05) is 18.2 Å². The van der Waals surface area contributed by atoms with Crippen molar-refractivity contribution in [3.63, 3.8) is 0 Å². The molecule has 0 spiro atoms. The average molecular weight is 364 g/mol. The quantitative estimate of drug-likeness (QED) is 0.301. The Morgan fingerprint density at radius 2 is 1.67 bits per heavy atom. The molecule has 0 amide bonds. The van der Waals surface area contributed by atoms with E-state index in [-0.39, 0.29) is 48.3 Å². The summed E-state index contributed by atoms with van der Waals surface area (Å²) in [5, 5.41) is 0. The first-order valence-corrected chi connectivity index (χ1v) is 10.2. The van der Waals surface area contributed by atoms with Gasteiger partial charge in [-0.3, -0.25) is 0 Å². The van der Waals surface area contributed by atoms with Gasteiger partial charge >= 0.3 is 29.6 Å². The van der Waals surface area contributed by atoms with Crippen LogP contribution in [0.3, 0.4) is 0 Å². The molecular formula is C18H29NaO4S. The van der Waals surface area contributed by atoms with Crippen LogP contribution in [0.25, 0.3) is 0 Å².